The summed E-state index contributed by atoms with van der Waals surface area (Å²) < 4.78 is 32.1. The number of ether oxygens (including phenoxy) is 1. The summed E-state index contributed by atoms with van der Waals surface area (Å²) in [6.45, 7) is 1.92. The number of benzene rings is 3. The molecule has 0 saturated carbocycles. The van der Waals surface area contributed by atoms with Gasteiger partial charge < -0.3 is 15.0 Å². The molecule has 3 rings (SSSR count). The largest absolute Gasteiger partial charge is 0.497 e. The van der Waals surface area contributed by atoms with Crippen molar-refractivity contribution in [2.24, 2.45) is 0 Å². The van der Waals surface area contributed by atoms with Gasteiger partial charge in [-0.2, -0.15) is 0 Å². The molecule has 0 aromatic heterocycles. The smallest absolute Gasteiger partial charge is 0.244 e. The van der Waals surface area contributed by atoms with Crippen LogP contribution < -0.4 is 14.4 Å². The normalized spacial score (nSPS) is 11.9. The van der Waals surface area contributed by atoms with Crippen molar-refractivity contribution in [3.8, 4) is 5.75 Å². The molecule has 3 aromatic carbocycles. The first kappa shape index (κ1) is 32.2. The highest BCUT2D eigenvalue weighted by Gasteiger charge is 2.33. The highest BCUT2D eigenvalue weighted by Crippen LogP contribution is 2.34. The minimum absolute atomic E-state index is 0.00452. The van der Waals surface area contributed by atoms with Crippen LogP contribution in [0.5, 0.6) is 5.75 Å². The third-order valence-corrected chi connectivity index (χ3v) is 8.40. The van der Waals surface area contributed by atoms with Gasteiger partial charge in [0.15, 0.2) is 0 Å². The SMILES string of the molecule is CCCCNC(=O)[C@H](Cc1ccccc1)N(Cc1cccc(OC)c1)C(=O)CN(c1cccc(Cl)c1Cl)S(C)(=O)=O. The van der Waals surface area contributed by atoms with Gasteiger partial charge in [0.2, 0.25) is 21.8 Å². The van der Waals surface area contributed by atoms with Gasteiger partial charge in [-0.3, -0.25) is 13.9 Å². The van der Waals surface area contributed by atoms with Crippen molar-refractivity contribution in [2.75, 3.05) is 30.8 Å². The lowest BCUT2D eigenvalue weighted by Gasteiger charge is -2.33. The van der Waals surface area contributed by atoms with E-state index in [1.807, 2.05) is 43.3 Å². The number of amides is 2. The molecule has 8 nitrogen and oxygen atoms in total. The second-order valence-corrected chi connectivity index (χ2v) is 12.3. The maximum atomic E-state index is 14.1. The van der Waals surface area contributed by atoms with E-state index in [0.29, 0.717) is 17.9 Å². The summed E-state index contributed by atoms with van der Waals surface area (Å²) in [6, 6.07) is 20.2. The number of unbranched alkanes of at least 4 members (excludes halogenated alkanes) is 1. The quantitative estimate of drug-likeness (QED) is 0.246. The number of rotatable bonds is 14. The summed E-state index contributed by atoms with van der Waals surface area (Å²) in [4.78, 5) is 29.2. The Labute approximate surface area is 252 Å². The number of carbonyl (C=O) groups is 2. The van der Waals surface area contributed by atoms with Crippen molar-refractivity contribution in [3.05, 3.63) is 94.0 Å². The van der Waals surface area contributed by atoms with E-state index in [2.05, 4.69) is 5.32 Å². The maximum Gasteiger partial charge on any atom is 0.244 e. The Morgan fingerprint density at radius 2 is 1.66 bits per heavy atom. The minimum Gasteiger partial charge on any atom is -0.497 e. The molecule has 0 saturated heterocycles. The van der Waals surface area contributed by atoms with Gasteiger partial charge in [0.1, 0.15) is 18.3 Å². The first-order valence-corrected chi connectivity index (χ1v) is 15.8. The van der Waals surface area contributed by atoms with Crippen molar-refractivity contribution in [1.29, 1.82) is 0 Å². The molecule has 0 bridgehead atoms. The summed E-state index contributed by atoms with van der Waals surface area (Å²) in [7, 11) is -2.43. The lowest BCUT2D eigenvalue weighted by Crippen LogP contribution is -2.53. The predicted molar refractivity (Wildman–Crippen MR) is 164 cm³/mol. The zero-order valence-electron chi connectivity index (χ0n) is 23.3. The summed E-state index contributed by atoms with van der Waals surface area (Å²) >= 11 is 12.5. The van der Waals surface area contributed by atoms with Crippen LogP contribution in [0.25, 0.3) is 0 Å². The third kappa shape index (κ3) is 9.11. The number of sulfonamides is 1. The summed E-state index contributed by atoms with van der Waals surface area (Å²) in [6.07, 6.45) is 2.89. The van der Waals surface area contributed by atoms with E-state index in [1.54, 1.807) is 31.4 Å². The lowest BCUT2D eigenvalue weighted by atomic mass is 10.0. The second-order valence-electron chi connectivity index (χ2n) is 9.57. The molecule has 1 atom stereocenters. The van der Waals surface area contributed by atoms with Crippen LogP contribution in [0.15, 0.2) is 72.8 Å². The Balaban J connectivity index is 2.07. The fourth-order valence-corrected chi connectivity index (χ4v) is 5.61. The van der Waals surface area contributed by atoms with Gasteiger partial charge in [0.25, 0.3) is 0 Å². The van der Waals surface area contributed by atoms with Crippen LogP contribution >= 0.6 is 23.2 Å². The standard InChI is InChI=1S/C30H35Cl2N3O5S/c1-4-5-17-33-30(37)27(19-22-11-7-6-8-12-22)34(20-23-13-9-14-24(18-23)40-2)28(36)21-35(41(3,38)39)26-16-10-15-25(31)29(26)32/h6-16,18,27H,4-5,17,19-21H2,1-3H3,(H,33,37)/t27-/m0/s1. The highest BCUT2D eigenvalue weighted by atomic mass is 35.5. The second kappa shape index (κ2) is 15.1. The summed E-state index contributed by atoms with van der Waals surface area (Å²) in [5.74, 6) is -0.323. The molecular formula is C30H35Cl2N3O5S. The number of methoxy groups -OCH3 is 1. The van der Waals surface area contributed by atoms with Gasteiger partial charge in [-0.15, -0.1) is 0 Å². The number of carbonyl (C=O) groups excluding carboxylic acids is 2. The molecule has 11 heteroatoms. The number of hydrogen-bond acceptors (Lipinski definition) is 5. The molecular weight excluding hydrogens is 585 g/mol. The van der Waals surface area contributed by atoms with Crippen LogP contribution in [0, 0.1) is 0 Å². The van der Waals surface area contributed by atoms with Gasteiger partial charge >= 0.3 is 0 Å². The lowest BCUT2D eigenvalue weighted by molar-refractivity contribution is -0.140. The Morgan fingerprint density at radius 1 is 0.976 bits per heavy atom. The van der Waals surface area contributed by atoms with Crippen molar-refractivity contribution < 1.29 is 22.7 Å². The average Bonchev–Trinajstić information content (AvgIpc) is 2.95. The molecule has 0 aliphatic rings. The van der Waals surface area contributed by atoms with Gasteiger partial charge in [-0.05, 0) is 41.8 Å². The molecule has 1 N–H and O–H groups in total. The fraction of sp³-hybridized carbons (Fsp3) is 0.333. The van der Waals surface area contributed by atoms with E-state index >= 15 is 0 Å². The van der Waals surface area contributed by atoms with Gasteiger partial charge in [0, 0.05) is 19.5 Å². The highest BCUT2D eigenvalue weighted by molar-refractivity contribution is 7.92. The van der Waals surface area contributed by atoms with Gasteiger partial charge in [-0.1, -0.05) is 85.1 Å². The number of nitrogens with zero attached hydrogens (tertiary/aromatic N) is 2. The van der Waals surface area contributed by atoms with Crippen molar-refractivity contribution in [3.63, 3.8) is 0 Å². The number of halogens is 2. The molecule has 0 aliphatic carbocycles. The summed E-state index contributed by atoms with van der Waals surface area (Å²) in [5.41, 5.74) is 1.64. The van der Waals surface area contributed by atoms with E-state index in [-0.39, 0.29) is 34.6 Å². The van der Waals surface area contributed by atoms with Crippen LogP contribution in [-0.2, 0) is 32.6 Å². The molecule has 0 radical (unpaired) electrons. The topological polar surface area (TPSA) is 96.0 Å². The van der Waals surface area contributed by atoms with E-state index in [1.165, 1.54) is 17.0 Å². The molecule has 0 spiro atoms. The molecule has 0 heterocycles. The van der Waals surface area contributed by atoms with Gasteiger partial charge in [-0.25, -0.2) is 8.42 Å². The zero-order chi connectivity index (χ0) is 30.0. The van der Waals surface area contributed by atoms with Crippen LogP contribution in [0.3, 0.4) is 0 Å². The molecule has 41 heavy (non-hydrogen) atoms. The van der Waals surface area contributed by atoms with Crippen LogP contribution in [0.1, 0.15) is 30.9 Å². The molecule has 2 amide bonds. The maximum absolute atomic E-state index is 14.1. The zero-order valence-corrected chi connectivity index (χ0v) is 25.7. The van der Waals surface area contributed by atoms with E-state index < -0.39 is 28.5 Å². The predicted octanol–water partition coefficient (Wildman–Crippen LogP) is 5.32. The van der Waals surface area contributed by atoms with Crippen molar-refractivity contribution in [1.82, 2.24) is 10.2 Å². The molecule has 0 fully saturated rings. The molecule has 0 unspecified atom stereocenters. The van der Waals surface area contributed by atoms with E-state index in [9.17, 15) is 18.0 Å². The van der Waals surface area contributed by atoms with E-state index in [4.69, 9.17) is 27.9 Å². The first-order valence-electron chi connectivity index (χ1n) is 13.2. The third-order valence-electron chi connectivity index (χ3n) is 6.47. The molecule has 220 valence electrons. The minimum atomic E-state index is -3.97. The van der Waals surface area contributed by atoms with Crippen molar-refractivity contribution in [2.45, 2.75) is 38.8 Å². The Bertz CT molecular complexity index is 1440. The van der Waals surface area contributed by atoms with Crippen LogP contribution in [-0.4, -0.2) is 57.6 Å². The number of nitrogens with one attached hydrogen (secondary N) is 1. The Kier molecular flexibility index (Phi) is 11.9. The van der Waals surface area contributed by atoms with Crippen LogP contribution in [0.4, 0.5) is 5.69 Å². The average molecular weight is 621 g/mol. The Morgan fingerprint density at radius 3 is 2.32 bits per heavy atom. The Hall–Kier alpha value is -3.27. The summed E-state index contributed by atoms with van der Waals surface area (Å²) in [5, 5.41) is 3.10. The van der Waals surface area contributed by atoms with Gasteiger partial charge in [0.05, 0.1) is 29.1 Å². The first-order chi connectivity index (χ1) is 19.5. The fourth-order valence-electron chi connectivity index (χ4n) is 4.31. The monoisotopic (exact) mass is 619 g/mol. The van der Waals surface area contributed by atoms with E-state index in [0.717, 1.165) is 29.0 Å². The van der Waals surface area contributed by atoms with Crippen LogP contribution in [0.2, 0.25) is 10.0 Å². The van der Waals surface area contributed by atoms with Crippen molar-refractivity contribution >= 4 is 50.7 Å². The number of hydrogen-bond donors (Lipinski definition) is 1. The molecule has 0 aliphatic heterocycles. The number of anilines is 1. The molecule has 3 aromatic rings.